The maximum absolute atomic E-state index is 12.5. The van der Waals surface area contributed by atoms with Crippen molar-refractivity contribution in [2.45, 2.75) is 68.3 Å². The van der Waals surface area contributed by atoms with Gasteiger partial charge in [-0.3, -0.25) is 19.2 Å². The lowest BCUT2D eigenvalue weighted by atomic mass is 9.88. The fraction of sp³-hybridized carbons (Fsp3) is 0.571. The van der Waals surface area contributed by atoms with Crippen LogP contribution in [0.2, 0.25) is 5.02 Å². The summed E-state index contributed by atoms with van der Waals surface area (Å²) in [5.41, 5.74) is -0.668. The maximum Gasteiger partial charge on any atom is 0.364 e. The first-order valence-electron chi connectivity index (χ1n) is 17.3. The average Bonchev–Trinajstić information content (AvgIpc) is 3.16. The highest BCUT2D eigenvalue weighted by Gasteiger charge is 2.55. The number of carboxylic acid groups (broad SMARTS) is 1. The van der Waals surface area contributed by atoms with E-state index in [1.54, 1.807) is 0 Å². The summed E-state index contributed by atoms with van der Waals surface area (Å²) in [7, 11) is 0. The van der Waals surface area contributed by atoms with E-state index in [-0.39, 0.29) is 36.8 Å². The van der Waals surface area contributed by atoms with Crippen LogP contribution in [0.5, 0.6) is 0 Å². The van der Waals surface area contributed by atoms with Crippen molar-refractivity contribution in [2.75, 3.05) is 69.9 Å². The number of terminal acetylenes is 1. The Morgan fingerprint density at radius 3 is 2.26 bits per heavy atom. The zero-order valence-electron chi connectivity index (χ0n) is 29.5. The molecule has 18 nitrogen and oxygen atoms in total. The second kappa shape index (κ2) is 22.3. The van der Waals surface area contributed by atoms with Crippen LogP contribution in [0.4, 0.5) is 11.4 Å². The fourth-order valence-corrected chi connectivity index (χ4v) is 5.67. The predicted octanol–water partition coefficient (Wildman–Crippen LogP) is -1.44. The van der Waals surface area contributed by atoms with Gasteiger partial charge in [0.05, 0.1) is 44.7 Å². The molecule has 3 rings (SSSR count). The van der Waals surface area contributed by atoms with Gasteiger partial charge in [0.1, 0.15) is 36.8 Å². The molecule has 0 radical (unpaired) electrons. The lowest BCUT2D eigenvalue weighted by molar-refractivity contribution is -0.310. The van der Waals surface area contributed by atoms with E-state index in [9.17, 15) is 49.5 Å². The summed E-state index contributed by atoms with van der Waals surface area (Å²) in [5, 5.41) is 63.1. The number of aliphatic hydroxyl groups is 4. The van der Waals surface area contributed by atoms with Crippen molar-refractivity contribution in [1.82, 2.24) is 10.6 Å². The monoisotopic (exact) mass is 782 g/mol. The van der Waals surface area contributed by atoms with Crippen molar-refractivity contribution in [3.05, 3.63) is 55.3 Å². The number of amides is 2. The van der Waals surface area contributed by atoms with Crippen LogP contribution in [0.3, 0.4) is 0 Å². The van der Waals surface area contributed by atoms with Gasteiger partial charge in [0.25, 0.3) is 22.6 Å². The van der Waals surface area contributed by atoms with Gasteiger partial charge in [-0.15, -0.1) is 6.42 Å². The molecule has 0 aliphatic carbocycles. The van der Waals surface area contributed by atoms with Crippen molar-refractivity contribution in [2.24, 2.45) is 0 Å². The maximum atomic E-state index is 12.5. The van der Waals surface area contributed by atoms with E-state index in [1.807, 2.05) is 0 Å². The molecule has 1 aliphatic heterocycles. The lowest BCUT2D eigenvalue weighted by Crippen LogP contribution is -2.68. The van der Waals surface area contributed by atoms with Crippen molar-refractivity contribution in [1.29, 1.82) is 0 Å². The van der Waals surface area contributed by atoms with Crippen LogP contribution in [-0.2, 0) is 28.5 Å². The molecule has 54 heavy (non-hydrogen) atoms. The van der Waals surface area contributed by atoms with Gasteiger partial charge in [0.2, 0.25) is 5.91 Å². The number of anilines is 2. The molecule has 1 heterocycles. The zero-order chi connectivity index (χ0) is 39.7. The Kier molecular flexibility index (Phi) is 18.2. The van der Waals surface area contributed by atoms with Gasteiger partial charge in [-0.1, -0.05) is 30.4 Å². The molecule has 2 aromatic carbocycles. The van der Waals surface area contributed by atoms with E-state index in [1.165, 1.54) is 24.3 Å². The number of carbonyl (C=O) groups excluding carboxylic acids is 2. The number of nitrogens with one attached hydrogen (secondary N) is 4. The van der Waals surface area contributed by atoms with Gasteiger partial charge in [0.15, 0.2) is 0 Å². The molecule has 0 spiro atoms. The fourth-order valence-electron chi connectivity index (χ4n) is 5.55. The number of aliphatic hydroxyl groups excluding tert-OH is 4. The van der Waals surface area contributed by atoms with E-state index in [4.69, 9.17) is 37.0 Å². The molecule has 1 saturated heterocycles. The number of unbranched alkanes of at least 4 members (excludes halogenated alkanes) is 3. The number of benzene rings is 1. The number of rotatable bonds is 25. The molecule has 2 aromatic rings. The highest BCUT2D eigenvalue weighted by atomic mass is 35.5. The van der Waals surface area contributed by atoms with Gasteiger partial charge in [0, 0.05) is 36.6 Å². The van der Waals surface area contributed by atoms with Crippen molar-refractivity contribution < 1.29 is 58.9 Å². The van der Waals surface area contributed by atoms with Crippen LogP contribution >= 0.6 is 11.6 Å². The summed E-state index contributed by atoms with van der Waals surface area (Å²) in [5.74, 6) is -3.38. The van der Waals surface area contributed by atoms with Crippen LogP contribution in [0.1, 0.15) is 42.5 Å². The first-order valence-corrected chi connectivity index (χ1v) is 17.7. The van der Waals surface area contributed by atoms with Gasteiger partial charge in [-0.25, -0.2) is 4.79 Å². The normalized spacial score (nSPS) is 20.8. The van der Waals surface area contributed by atoms with Crippen molar-refractivity contribution >= 4 is 40.8 Å². The molecule has 298 valence electrons. The van der Waals surface area contributed by atoms with Crippen LogP contribution in [0.15, 0.2) is 33.9 Å². The highest BCUT2D eigenvalue weighted by molar-refractivity contribution is 6.30. The first-order chi connectivity index (χ1) is 25.8. The molecule has 6 atom stereocenters. The van der Waals surface area contributed by atoms with Crippen LogP contribution in [-0.4, -0.2) is 139 Å². The SMILES string of the molecule is C#CCOCCOCCNc1c(NCCCCCCO[C@]2(C(=O)O)C[C@H](O)[C@@H](NC(=O)CO)[C@H]([C@H](O)[C@H](O)CNC(=O)c3ccc(Cl)cc3)O2)c(=O)c1=O. The number of carboxylic acids is 1. The van der Waals surface area contributed by atoms with Gasteiger partial charge >= 0.3 is 5.97 Å². The molecule has 0 unspecified atom stereocenters. The third-order valence-corrected chi connectivity index (χ3v) is 8.65. The first kappa shape index (κ1) is 44.2. The van der Waals surface area contributed by atoms with E-state index in [0.717, 1.165) is 0 Å². The molecule has 1 fully saturated rings. The van der Waals surface area contributed by atoms with Crippen LogP contribution in [0, 0.1) is 12.3 Å². The topological polar surface area (TPSA) is 272 Å². The summed E-state index contributed by atoms with van der Waals surface area (Å²) in [4.78, 5) is 61.0. The molecule has 0 aromatic heterocycles. The molecule has 9 N–H and O–H groups in total. The predicted molar refractivity (Wildman–Crippen MR) is 194 cm³/mol. The number of hydrogen-bond acceptors (Lipinski definition) is 15. The number of halogens is 1. The lowest BCUT2D eigenvalue weighted by Gasteiger charge is -2.46. The van der Waals surface area contributed by atoms with E-state index in [0.29, 0.717) is 57.0 Å². The van der Waals surface area contributed by atoms with Crippen molar-refractivity contribution in [3.8, 4) is 12.3 Å². The third-order valence-electron chi connectivity index (χ3n) is 8.40. The number of hydrogen-bond donors (Lipinski definition) is 9. The summed E-state index contributed by atoms with van der Waals surface area (Å²) in [6.07, 6.45) is -0.670. The third kappa shape index (κ3) is 12.7. The zero-order valence-corrected chi connectivity index (χ0v) is 30.2. The minimum absolute atomic E-state index is 0.160. The minimum atomic E-state index is -2.49. The van der Waals surface area contributed by atoms with Crippen LogP contribution < -0.4 is 32.1 Å². The molecule has 2 amide bonds. The van der Waals surface area contributed by atoms with Gasteiger partial charge in [-0.05, 0) is 37.1 Å². The average molecular weight is 783 g/mol. The Bertz CT molecular complexity index is 1630. The molecule has 19 heteroatoms. The number of carbonyl (C=O) groups is 3. The largest absolute Gasteiger partial charge is 0.477 e. The Morgan fingerprint density at radius 1 is 0.963 bits per heavy atom. The van der Waals surface area contributed by atoms with Crippen molar-refractivity contribution in [3.63, 3.8) is 0 Å². The van der Waals surface area contributed by atoms with E-state index in [2.05, 4.69) is 27.2 Å². The van der Waals surface area contributed by atoms with E-state index < -0.39 is 84.5 Å². The molecule has 0 saturated carbocycles. The quantitative estimate of drug-likeness (QED) is 0.0317. The Balaban J connectivity index is 1.49. The number of ether oxygens (including phenoxy) is 4. The van der Waals surface area contributed by atoms with Gasteiger partial charge < -0.3 is 65.7 Å². The second-order valence-corrected chi connectivity index (χ2v) is 12.8. The standard InChI is InChI=1S/C35H47ClN4O14/c1-2-13-51-16-17-52-15-12-38-28-27(30(46)31(28)47)37-11-5-3-4-6-14-53-35(34(49)50)18-23(42)26(40-25(44)20-41)32(54-35)29(45)24(43)19-39-33(48)21-7-9-22(36)10-8-21/h1,7-10,23-24,26,29,32,37-38,41-43,45H,3-6,11-20H2,(H,39,48)(H,40,44)(H,49,50)/t23-,24+,26+,29+,32+,35+/m0/s1. The number of aliphatic carboxylic acids is 1. The molecular formula is C35H47ClN4O14. The molecule has 0 bridgehead atoms. The van der Waals surface area contributed by atoms with Gasteiger partial charge in [-0.2, -0.15) is 0 Å². The second-order valence-electron chi connectivity index (χ2n) is 12.3. The smallest absolute Gasteiger partial charge is 0.364 e. The Hall–Kier alpha value is -4.16. The minimum Gasteiger partial charge on any atom is -0.477 e. The summed E-state index contributed by atoms with van der Waals surface area (Å²) in [6.45, 7) is 0.117. The molecule has 1 aliphatic rings. The molecular weight excluding hydrogens is 736 g/mol. The summed E-state index contributed by atoms with van der Waals surface area (Å²) >= 11 is 5.84. The van der Waals surface area contributed by atoms with Crippen LogP contribution in [0.25, 0.3) is 0 Å². The highest BCUT2D eigenvalue weighted by Crippen LogP contribution is 2.34. The van der Waals surface area contributed by atoms with E-state index >= 15 is 0 Å². The Morgan fingerprint density at radius 2 is 1.61 bits per heavy atom. The Labute approximate surface area is 315 Å². The summed E-state index contributed by atoms with van der Waals surface area (Å²) in [6, 6.07) is 4.35. The summed E-state index contributed by atoms with van der Waals surface area (Å²) < 4.78 is 21.8.